The van der Waals surface area contributed by atoms with Crippen LogP contribution in [0.2, 0.25) is 5.02 Å². The molecule has 0 aliphatic carbocycles. The summed E-state index contributed by atoms with van der Waals surface area (Å²) < 4.78 is 0. The summed E-state index contributed by atoms with van der Waals surface area (Å²) in [5.74, 6) is 6.44. The molecule has 1 aliphatic rings. The van der Waals surface area contributed by atoms with Crippen LogP contribution in [-0.4, -0.2) is 39.5 Å². The van der Waals surface area contributed by atoms with E-state index in [4.69, 9.17) is 11.6 Å². The smallest absolute Gasteiger partial charge is 0.296 e. The van der Waals surface area contributed by atoms with Crippen LogP contribution in [0, 0.1) is 11.8 Å². The van der Waals surface area contributed by atoms with Crippen LogP contribution in [0.25, 0.3) is 11.0 Å². The van der Waals surface area contributed by atoms with Gasteiger partial charge < -0.3 is 15.2 Å². The number of fused-ring (bicyclic) bond motifs is 1. The molecule has 3 aromatic rings. The molecular formula is C24H26ClN5O. The number of rotatable bonds is 5. The van der Waals surface area contributed by atoms with E-state index in [-0.39, 0.29) is 11.4 Å². The Balaban J connectivity index is 1.54. The number of piperidine rings is 1. The van der Waals surface area contributed by atoms with Gasteiger partial charge in [0.25, 0.3) is 5.91 Å². The predicted molar refractivity (Wildman–Crippen MR) is 124 cm³/mol. The van der Waals surface area contributed by atoms with E-state index in [0.29, 0.717) is 5.02 Å². The first kappa shape index (κ1) is 21.2. The Morgan fingerprint density at radius 2 is 2.00 bits per heavy atom. The van der Waals surface area contributed by atoms with Crippen molar-refractivity contribution in [1.29, 1.82) is 0 Å². The van der Waals surface area contributed by atoms with Gasteiger partial charge in [-0.1, -0.05) is 36.6 Å². The largest absolute Gasteiger partial charge is 0.356 e. The molecule has 0 bridgehead atoms. The quantitative estimate of drug-likeness (QED) is 0.591. The SMILES string of the molecule is CCCC#CC(=O)NC1(Cc2ccc(Cl)cc2)CCN(c2ncnc3[nH]ccc23)CC1. The van der Waals surface area contributed by atoms with E-state index in [1.807, 2.05) is 36.5 Å². The summed E-state index contributed by atoms with van der Waals surface area (Å²) in [6.45, 7) is 3.63. The molecule has 0 radical (unpaired) electrons. The van der Waals surface area contributed by atoms with Gasteiger partial charge in [0.1, 0.15) is 17.8 Å². The van der Waals surface area contributed by atoms with E-state index in [2.05, 4.69) is 43.9 Å². The number of carbonyl (C=O) groups excluding carboxylic acids is 1. The van der Waals surface area contributed by atoms with Crippen LogP contribution in [0.15, 0.2) is 42.9 Å². The standard InChI is InChI=1S/C24H26ClN5O/c1-2-3-4-5-21(31)29-24(16-18-6-8-19(25)9-7-18)11-14-30(15-12-24)23-20-10-13-26-22(20)27-17-28-23/h6-10,13,17H,2-3,11-12,14-16H2,1H3,(H,29,31)(H,26,27,28). The summed E-state index contributed by atoms with van der Waals surface area (Å²) in [5.41, 5.74) is 1.63. The lowest BCUT2D eigenvalue weighted by Gasteiger charge is -2.42. The van der Waals surface area contributed by atoms with Gasteiger partial charge >= 0.3 is 0 Å². The Morgan fingerprint density at radius 3 is 2.74 bits per heavy atom. The van der Waals surface area contributed by atoms with Crippen molar-refractivity contribution in [3.8, 4) is 11.8 Å². The molecule has 160 valence electrons. The Kier molecular flexibility index (Phi) is 6.43. The van der Waals surface area contributed by atoms with Crippen LogP contribution in [0.4, 0.5) is 5.82 Å². The monoisotopic (exact) mass is 435 g/mol. The number of nitrogens with one attached hydrogen (secondary N) is 2. The fourth-order valence-electron chi connectivity index (χ4n) is 4.14. The second-order valence-electron chi connectivity index (χ2n) is 8.01. The van der Waals surface area contributed by atoms with Crippen molar-refractivity contribution in [3.63, 3.8) is 0 Å². The zero-order valence-electron chi connectivity index (χ0n) is 17.6. The topological polar surface area (TPSA) is 73.9 Å². The van der Waals surface area contributed by atoms with Gasteiger partial charge in [-0.15, -0.1) is 0 Å². The third kappa shape index (κ3) is 5.00. The average molecular weight is 436 g/mol. The Morgan fingerprint density at radius 1 is 1.23 bits per heavy atom. The summed E-state index contributed by atoms with van der Waals surface area (Å²) in [6, 6.07) is 9.85. The van der Waals surface area contributed by atoms with Gasteiger partial charge in [0.05, 0.1) is 5.39 Å². The number of hydrogen-bond donors (Lipinski definition) is 2. The van der Waals surface area contributed by atoms with E-state index in [1.165, 1.54) is 0 Å². The molecule has 0 spiro atoms. The van der Waals surface area contributed by atoms with Crippen molar-refractivity contribution < 1.29 is 4.79 Å². The minimum atomic E-state index is -0.355. The number of aromatic nitrogens is 3. The fourth-order valence-corrected chi connectivity index (χ4v) is 4.26. The molecule has 7 heteroatoms. The summed E-state index contributed by atoms with van der Waals surface area (Å²) in [4.78, 5) is 26.8. The first-order valence-corrected chi connectivity index (χ1v) is 11.0. The van der Waals surface area contributed by atoms with Gasteiger partial charge in [0, 0.05) is 36.3 Å². The molecule has 2 aromatic heterocycles. The minimum absolute atomic E-state index is 0.203. The fraction of sp³-hybridized carbons (Fsp3) is 0.375. The van der Waals surface area contributed by atoms with E-state index in [0.717, 1.165) is 67.6 Å². The van der Waals surface area contributed by atoms with Crippen LogP contribution in [-0.2, 0) is 11.2 Å². The second kappa shape index (κ2) is 9.40. The van der Waals surface area contributed by atoms with Crippen LogP contribution >= 0.6 is 11.6 Å². The molecule has 4 rings (SSSR count). The summed E-state index contributed by atoms with van der Waals surface area (Å²) >= 11 is 6.06. The lowest BCUT2D eigenvalue weighted by Crippen LogP contribution is -2.56. The van der Waals surface area contributed by atoms with Gasteiger partial charge in [-0.25, -0.2) is 9.97 Å². The summed E-state index contributed by atoms with van der Waals surface area (Å²) in [5, 5.41) is 4.97. The summed E-state index contributed by atoms with van der Waals surface area (Å²) in [6.07, 6.45) is 7.48. The molecule has 0 saturated carbocycles. The van der Waals surface area contributed by atoms with Crippen LogP contribution < -0.4 is 10.2 Å². The number of benzene rings is 1. The Hall–Kier alpha value is -3.04. The average Bonchev–Trinajstić information content (AvgIpc) is 3.25. The highest BCUT2D eigenvalue weighted by molar-refractivity contribution is 6.30. The van der Waals surface area contributed by atoms with Crippen molar-refractivity contribution in [1.82, 2.24) is 20.3 Å². The molecule has 1 aliphatic heterocycles. The number of H-pyrrole nitrogens is 1. The number of amides is 1. The molecule has 1 saturated heterocycles. The van der Waals surface area contributed by atoms with Crippen molar-refractivity contribution in [2.75, 3.05) is 18.0 Å². The number of hydrogen-bond acceptors (Lipinski definition) is 4. The number of anilines is 1. The lowest BCUT2D eigenvalue weighted by atomic mass is 9.81. The van der Waals surface area contributed by atoms with Gasteiger partial charge in [-0.2, -0.15) is 0 Å². The minimum Gasteiger partial charge on any atom is -0.356 e. The molecule has 0 unspecified atom stereocenters. The molecule has 6 nitrogen and oxygen atoms in total. The van der Waals surface area contributed by atoms with Crippen LogP contribution in [0.5, 0.6) is 0 Å². The van der Waals surface area contributed by atoms with Crippen molar-refractivity contribution in [3.05, 3.63) is 53.4 Å². The van der Waals surface area contributed by atoms with Gasteiger partial charge in [-0.05, 0) is 55.4 Å². The number of unbranched alkanes of at least 4 members (excludes halogenated alkanes) is 1. The molecule has 1 amide bonds. The molecule has 1 aromatic carbocycles. The number of carbonyl (C=O) groups is 1. The highest BCUT2D eigenvalue weighted by atomic mass is 35.5. The van der Waals surface area contributed by atoms with E-state index < -0.39 is 0 Å². The number of halogens is 1. The first-order chi connectivity index (χ1) is 15.1. The van der Waals surface area contributed by atoms with Crippen molar-refractivity contribution in [2.45, 2.75) is 44.6 Å². The van der Waals surface area contributed by atoms with Crippen LogP contribution in [0.1, 0.15) is 38.2 Å². The zero-order chi connectivity index (χ0) is 21.7. The van der Waals surface area contributed by atoms with E-state index in [1.54, 1.807) is 6.33 Å². The molecule has 2 N–H and O–H groups in total. The maximum atomic E-state index is 12.6. The molecule has 0 atom stereocenters. The van der Waals surface area contributed by atoms with Gasteiger partial charge in [0.15, 0.2) is 0 Å². The van der Waals surface area contributed by atoms with Crippen LogP contribution in [0.3, 0.4) is 0 Å². The Labute approximate surface area is 187 Å². The van der Waals surface area contributed by atoms with Gasteiger partial charge in [0.2, 0.25) is 0 Å². The number of nitrogens with zero attached hydrogens (tertiary/aromatic N) is 3. The zero-order valence-corrected chi connectivity index (χ0v) is 18.4. The van der Waals surface area contributed by atoms with Gasteiger partial charge in [-0.3, -0.25) is 4.79 Å². The third-order valence-electron chi connectivity index (χ3n) is 5.76. The maximum Gasteiger partial charge on any atom is 0.296 e. The molecular weight excluding hydrogens is 410 g/mol. The lowest BCUT2D eigenvalue weighted by molar-refractivity contribution is -0.117. The van der Waals surface area contributed by atoms with Crippen molar-refractivity contribution in [2.24, 2.45) is 0 Å². The maximum absolute atomic E-state index is 12.6. The molecule has 3 heterocycles. The third-order valence-corrected chi connectivity index (χ3v) is 6.02. The van der Waals surface area contributed by atoms with E-state index >= 15 is 0 Å². The van der Waals surface area contributed by atoms with E-state index in [9.17, 15) is 4.79 Å². The normalized spacial score (nSPS) is 15.4. The first-order valence-electron chi connectivity index (χ1n) is 10.7. The number of aromatic amines is 1. The van der Waals surface area contributed by atoms with Crippen molar-refractivity contribution >= 4 is 34.4 Å². The highest BCUT2D eigenvalue weighted by Crippen LogP contribution is 2.31. The second-order valence-corrected chi connectivity index (χ2v) is 8.45. The molecule has 31 heavy (non-hydrogen) atoms. The Bertz CT molecular complexity index is 1100. The predicted octanol–water partition coefficient (Wildman–Crippen LogP) is 4.11. The molecule has 1 fully saturated rings. The highest BCUT2D eigenvalue weighted by Gasteiger charge is 2.36. The summed E-state index contributed by atoms with van der Waals surface area (Å²) in [7, 11) is 0.